The summed E-state index contributed by atoms with van der Waals surface area (Å²) >= 11 is 4.40. The number of rotatable bonds is 4. The van der Waals surface area contributed by atoms with Crippen molar-refractivity contribution < 1.29 is 17.8 Å². The van der Waals surface area contributed by atoms with E-state index in [4.69, 9.17) is 10.1 Å². The maximum Gasteiger partial charge on any atom is 0.294 e. The molecule has 0 saturated carbocycles. The Morgan fingerprint density at radius 2 is 1.86 bits per heavy atom. The van der Waals surface area contributed by atoms with Gasteiger partial charge < -0.3 is 0 Å². The molecule has 1 atom stereocenters. The molecular weight excluding hydrogens is 537 g/mol. The summed E-state index contributed by atoms with van der Waals surface area (Å²) in [5.41, 5.74) is 2.21. The first-order chi connectivity index (χ1) is 17.2. The summed E-state index contributed by atoms with van der Waals surface area (Å²) in [7, 11) is -4.34. The fraction of sp³-hybridized carbons (Fsp3) is 0.125. The van der Waals surface area contributed by atoms with Gasteiger partial charge in [-0.2, -0.15) is 13.5 Å². The van der Waals surface area contributed by atoms with E-state index in [0.717, 1.165) is 20.8 Å². The Morgan fingerprint density at radius 1 is 1.08 bits per heavy atom. The van der Waals surface area contributed by atoms with E-state index in [0.29, 0.717) is 22.1 Å². The fourth-order valence-electron chi connectivity index (χ4n) is 4.28. The molecule has 4 heterocycles. The highest BCUT2D eigenvalue weighted by Crippen LogP contribution is 2.55. The van der Waals surface area contributed by atoms with E-state index in [1.165, 1.54) is 35.2 Å². The number of hydrogen-bond donors (Lipinski definition) is 1. The van der Waals surface area contributed by atoms with E-state index in [9.17, 15) is 17.8 Å². The van der Waals surface area contributed by atoms with Crippen molar-refractivity contribution in [1.29, 1.82) is 0 Å². The Kier molecular flexibility index (Phi) is 5.54. The molecule has 2 aliphatic rings. The Morgan fingerprint density at radius 3 is 2.56 bits per heavy atom. The molecule has 2 aromatic carbocycles. The van der Waals surface area contributed by atoms with Gasteiger partial charge in [0.25, 0.3) is 16.0 Å². The zero-order valence-corrected chi connectivity index (χ0v) is 22.0. The SMILES string of the molecule is CC1=NN(c2ccc(S(=O)(=O)O)cc2)C2(C1)SC(=Cc1cccs1)C(=O)N2c1nc2ccccc2s1. The molecule has 2 aliphatic heterocycles. The third kappa shape index (κ3) is 3.85. The Labute approximate surface area is 219 Å². The second-order valence-electron chi connectivity index (χ2n) is 8.27. The summed E-state index contributed by atoms with van der Waals surface area (Å²) in [5.74, 6) is -0.170. The first-order valence-corrected chi connectivity index (χ1v) is 14.8. The topological polar surface area (TPSA) is 103 Å². The minimum Gasteiger partial charge on any atom is -0.282 e. The Hall–Kier alpha value is -3.03. The molecule has 0 radical (unpaired) electrons. The van der Waals surface area contributed by atoms with E-state index < -0.39 is 15.1 Å². The minimum atomic E-state index is -4.34. The Balaban J connectivity index is 1.51. The minimum absolute atomic E-state index is 0.170. The lowest BCUT2D eigenvalue weighted by Gasteiger charge is -2.38. The second kappa shape index (κ2) is 8.53. The molecule has 0 bridgehead atoms. The number of thioether (sulfide) groups is 1. The lowest BCUT2D eigenvalue weighted by molar-refractivity contribution is -0.114. The number of hydrogen-bond acceptors (Lipinski definition) is 9. The molecule has 1 amide bonds. The number of thiophene rings is 1. The highest BCUT2D eigenvalue weighted by Gasteiger charge is 2.58. The van der Waals surface area contributed by atoms with Gasteiger partial charge in [-0.05, 0) is 60.8 Å². The van der Waals surface area contributed by atoms with Gasteiger partial charge in [-0.15, -0.1) is 11.3 Å². The molecule has 1 saturated heterocycles. The second-order valence-corrected chi connectivity index (χ2v) is 13.0. The van der Waals surface area contributed by atoms with Crippen molar-refractivity contribution in [3.05, 3.63) is 75.8 Å². The molecular formula is C24H18N4O4S4. The number of carbonyl (C=O) groups excluding carboxylic acids is 1. The lowest BCUT2D eigenvalue weighted by atomic mass is 10.2. The van der Waals surface area contributed by atoms with E-state index in [-0.39, 0.29) is 10.8 Å². The van der Waals surface area contributed by atoms with Crippen LogP contribution in [0, 0.1) is 0 Å². The van der Waals surface area contributed by atoms with Gasteiger partial charge in [-0.3, -0.25) is 9.35 Å². The predicted molar refractivity (Wildman–Crippen MR) is 146 cm³/mol. The molecule has 1 unspecified atom stereocenters. The smallest absolute Gasteiger partial charge is 0.282 e. The van der Waals surface area contributed by atoms with E-state index >= 15 is 0 Å². The maximum absolute atomic E-state index is 14.0. The summed E-state index contributed by atoms with van der Waals surface area (Å²) < 4.78 is 33.5. The number of amides is 1. The van der Waals surface area contributed by atoms with Crippen LogP contribution >= 0.6 is 34.4 Å². The molecule has 2 aromatic heterocycles. The third-order valence-electron chi connectivity index (χ3n) is 5.79. The van der Waals surface area contributed by atoms with E-state index in [1.807, 2.05) is 54.8 Å². The largest absolute Gasteiger partial charge is 0.294 e. The fourth-order valence-corrected chi connectivity index (χ4v) is 8.08. The van der Waals surface area contributed by atoms with Gasteiger partial charge in [0.05, 0.1) is 25.7 Å². The average Bonchev–Trinajstić information content (AvgIpc) is 3.61. The van der Waals surface area contributed by atoms with Crippen molar-refractivity contribution in [2.75, 3.05) is 9.91 Å². The molecule has 1 N–H and O–H groups in total. The molecule has 1 fully saturated rings. The number of benzene rings is 2. The van der Waals surface area contributed by atoms with Gasteiger partial charge in [-0.1, -0.05) is 41.3 Å². The van der Waals surface area contributed by atoms with Crippen molar-refractivity contribution in [3.63, 3.8) is 0 Å². The summed E-state index contributed by atoms with van der Waals surface area (Å²) in [6, 6.07) is 17.5. The number of carbonyl (C=O) groups is 1. The first-order valence-electron chi connectivity index (χ1n) is 10.8. The number of para-hydroxylation sites is 1. The van der Waals surface area contributed by atoms with Crippen LogP contribution in [0.25, 0.3) is 16.3 Å². The van der Waals surface area contributed by atoms with Crippen LogP contribution in [0.5, 0.6) is 0 Å². The number of thiazole rings is 1. The number of fused-ring (bicyclic) bond motifs is 1. The van der Waals surface area contributed by atoms with Gasteiger partial charge in [-0.25, -0.2) is 14.9 Å². The van der Waals surface area contributed by atoms with Crippen LogP contribution in [0.4, 0.5) is 10.8 Å². The highest BCUT2D eigenvalue weighted by atomic mass is 32.2. The van der Waals surface area contributed by atoms with Crippen molar-refractivity contribution in [2.45, 2.75) is 23.2 Å². The number of aromatic nitrogens is 1. The van der Waals surface area contributed by atoms with Gasteiger partial charge in [0.1, 0.15) is 0 Å². The van der Waals surface area contributed by atoms with Crippen LogP contribution < -0.4 is 9.91 Å². The highest BCUT2D eigenvalue weighted by molar-refractivity contribution is 8.06. The number of anilines is 2. The maximum atomic E-state index is 14.0. The van der Waals surface area contributed by atoms with E-state index in [1.54, 1.807) is 33.4 Å². The van der Waals surface area contributed by atoms with Crippen molar-refractivity contribution in [3.8, 4) is 0 Å². The zero-order valence-electron chi connectivity index (χ0n) is 18.7. The van der Waals surface area contributed by atoms with Crippen molar-refractivity contribution in [2.24, 2.45) is 5.10 Å². The zero-order chi connectivity index (χ0) is 25.1. The van der Waals surface area contributed by atoms with Gasteiger partial charge in [0, 0.05) is 17.0 Å². The van der Waals surface area contributed by atoms with Crippen LogP contribution in [0.2, 0.25) is 0 Å². The summed E-state index contributed by atoms with van der Waals surface area (Å²) in [4.78, 5) is 20.8. The van der Waals surface area contributed by atoms with E-state index in [2.05, 4.69) is 0 Å². The van der Waals surface area contributed by atoms with Gasteiger partial charge in [0.15, 0.2) is 5.13 Å². The summed E-state index contributed by atoms with van der Waals surface area (Å²) in [6.45, 7) is 1.90. The van der Waals surface area contributed by atoms with Gasteiger partial charge in [0.2, 0.25) is 4.99 Å². The quantitative estimate of drug-likeness (QED) is 0.256. The molecule has 1 spiro atoms. The van der Waals surface area contributed by atoms with Crippen LogP contribution in [-0.2, 0) is 14.9 Å². The summed E-state index contributed by atoms with van der Waals surface area (Å²) in [6.07, 6.45) is 2.35. The first kappa shape index (κ1) is 23.4. The molecule has 4 aromatic rings. The van der Waals surface area contributed by atoms with Crippen molar-refractivity contribution >= 4 is 83.3 Å². The molecule has 36 heavy (non-hydrogen) atoms. The standard InChI is InChI=1S/C24H18N4O4S4/c1-15-14-24(28(26-15)16-8-10-18(11-9-16)36(30,31)32)27(23-25-19-6-2-3-7-20(19)34-23)22(29)21(35-24)13-17-5-4-12-33-17/h2-13H,14H2,1H3,(H,30,31,32). The number of hydrazone groups is 1. The normalized spacial score (nSPS) is 21.3. The van der Waals surface area contributed by atoms with Gasteiger partial charge >= 0.3 is 0 Å². The van der Waals surface area contributed by atoms with Crippen molar-refractivity contribution in [1.82, 2.24) is 4.98 Å². The average molecular weight is 555 g/mol. The monoisotopic (exact) mass is 554 g/mol. The molecule has 182 valence electrons. The van der Waals surface area contributed by atoms with Crippen LogP contribution in [0.1, 0.15) is 18.2 Å². The lowest BCUT2D eigenvalue weighted by Crippen LogP contribution is -2.53. The third-order valence-corrected chi connectivity index (χ3v) is 9.84. The number of nitrogens with zero attached hydrogens (tertiary/aromatic N) is 4. The Bertz CT molecular complexity index is 1630. The molecule has 0 aliphatic carbocycles. The molecule has 8 nitrogen and oxygen atoms in total. The van der Waals surface area contributed by atoms with Crippen LogP contribution in [0.3, 0.4) is 0 Å². The van der Waals surface area contributed by atoms with Crippen LogP contribution in [-0.4, -0.2) is 34.6 Å². The van der Waals surface area contributed by atoms with Crippen LogP contribution in [0.15, 0.2) is 80.9 Å². The molecule has 12 heteroatoms. The predicted octanol–water partition coefficient (Wildman–Crippen LogP) is 5.67. The molecule has 6 rings (SSSR count). The summed E-state index contributed by atoms with van der Waals surface area (Å²) in [5, 5.41) is 9.03.